The van der Waals surface area contributed by atoms with Crippen LogP contribution in [0, 0.1) is 0 Å². The Morgan fingerprint density at radius 3 is 2.62 bits per heavy atom. The van der Waals surface area contributed by atoms with E-state index in [1.54, 1.807) is 24.8 Å². The molecule has 0 saturated heterocycles. The van der Waals surface area contributed by atoms with Gasteiger partial charge in [-0.15, -0.1) is 0 Å². The van der Waals surface area contributed by atoms with Crippen LogP contribution in [0.2, 0.25) is 0 Å². The molecule has 64 valence electrons. The van der Waals surface area contributed by atoms with Crippen LogP contribution in [0.25, 0.3) is 0 Å². The van der Waals surface area contributed by atoms with E-state index in [1.807, 2.05) is 6.07 Å². The van der Waals surface area contributed by atoms with Crippen LogP contribution in [0.3, 0.4) is 0 Å². The molecule has 0 fully saturated rings. The lowest BCUT2D eigenvalue weighted by atomic mass is 10.2. The standard InChI is InChI=1S/C9H8N4/c1-2-11-7-13-8(1)5-9-6-10-3-4-12-9/h1-4,6-7H,5H2. The summed E-state index contributed by atoms with van der Waals surface area (Å²) in [6.07, 6.45) is 9.03. The van der Waals surface area contributed by atoms with E-state index < -0.39 is 0 Å². The van der Waals surface area contributed by atoms with Crippen molar-refractivity contribution in [3.63, 3.8) is 0 Å². The zero-order valence-electron chi connectivity index (χ0n) is 6.96. The van der Waals surface area contributed by atoms with Crippen molar-refractivity contribution in [2.75, 3.05) is 0 Å². The van der Waals surface area contributed by atoms with Crippen molar-refractivity contribution < 1.29 is 0 Å². The molecule has 0 aromatic carbocycles. The first-order valence-electron chi connectivity index (χ1n) is 3.95. The molecular formula is C9H8N4. The minimum Gasteiger partial charge on any atom is -0.261 e. The molecule has 2 aromatic rings. The highest BCUT2D eigenvalue weighted by Gasteiger charge is 1.96. The third-order valence-electron chi connectivity index (χ3n) is 1.62. The second-order valence-corrected chi connectivity index (χ2v) is 2.57. The van der Waals surface area contributed by atoms with E-state index in [0.29, 0.717) is 6.42 Å². The summed E-state index contributed by atoms with van der Waals surface area (Å²) in [4.78, 5) is 16.1. The minimum absolute atomic E-state index is 0.705. The summed E-state index contributed by atoms with van der Waals surface area (Å²) in [5.74, 6) is 0. The molecule has 4 nitrogen and oxygen atoms in total. The summed E-state index contributed by atoms with van der Waals surface area (Å²) in [6.45, 7) is 0. The summed E-state index contributed by atoms with van der Waals surface area (Å²) in [5.41, 5.74) is 1.87. The van der Waals surface area contributed by atoms with Crippen molar-refractivity contribution in [1.29, 1.82) is 0 Å². The first kappa shape index (κ1) is 7.79. The van der Waals surface area contributed by atoms with Crippen molar-refractivity contribution in [1.82, 2.24) is 19.9 Å². The lowest BCUT2D eigenvalue weighted by Gasteiger charge is -1.97. The van der Waals surface area contributed by atoms with E-state index >= 15 is 0 Å². The zero-order chi connectivity index (χ0) is 8.93. The van der Waals surface area contributed by atoms with Gasteiger partial charge in [0.05, 0.1) is 5.69 Å². The maximum absolute atomic E-state index is 4.15. The van der Waals surface area contributed by atoms with Crippen molar-refractivity contribution in [2.24, 2.45) is 0 Å². The van der Waals surface area contributed by atoms with Gasteiger partial charge in [0.15, 0.2) is 0 Å². The van der Waals surface area contributed by atoms with Gasteiger partial charge in [0.2, 0.25) is 0 Å². The number of hydrogen-bond donors (Lipinski definition) is 0. The Hall–Kier alpha value is -1.84. The molecule has 0 atom stereocenters. The van der Waals surface area contributed by atoms with Gasteiger partial charge >= 0.3 is 0 Å². The SMILES string of the molecule is c1cc(Cc2cnccn2)ncn1. The van der Waals surface area contributed by atoms with Crippen LogP contribution in [-0.2, 0) is 6.42 Å². The molecule has 2 aromatic heterocycles. The molecule has 2 rings (SSSR count). The highest BCUT2D eigenvalue weighted by atomic mass is 14.8. The van der Waals surface area contributed by atoms with Crippen LogP contribution in [0.15, 0.2) is 37.2 Å². The molecule has 0 radical (unpaired) electrons. The first-order chi connectivity index (χ1) is 6.45. The fourth-order valence-electron chi connectivity index (χ4n) is 1.03. The van der Waals surface area contributed by atoms with E-state index in [2.05, 4.69) is 19.9 Å². The molecule has 0 aliphatic carbocycles. The molecule has 0 bridgehead atoms. The van der Waals surface area contributed by atoms with Crippen molar-refractivity contribution in [3.8, 4) is 0 Å². The normalized spacial score (nSPS) is 9.85. The quantitative estimate of drug-likeness (QED) is 0.674. The molecule has 4 heteroatoms. The Bertz CT molecular complexity index is 322. The fraction of sp³-hybridized carbons (Fsp3) is 0.111. The lowest BCUT2D eigenvalue weighted by Crippen LogP contribution is -1.95. The third kappa shape index (κ3) is 2.05. The van der Waals surface area contributed by atoms with Crippen LogP contribution in [-0.4, -0.2) is 19.9 Å². The molecule has 0 unspecified atom stereocenters. The molecule has 0 aliphatic heterocycles. The van der Waals surface area contributed by atoms with E-state index in [4.69, 9.17) is 0 Å². The van der Waals surface area contributed by atoms with Crippen molar-refractivity contribution >= 4 is 0 Å². The summed E-state index contributed by atoms with van der Waals surface area (Å²) >= 11 is 0. The third-order valence-corrected chi connectivity index (χ3v) is 1.62. The van der Waals surface area contributed by atoms with Gasteiger partial charge < -0.3 is 0 Å². The topological polar surface area (TPSA) is 51.6 Å². The van der Waals surface area contributed by atoms with E-state index in [9.17, 15) is 0 Å². The van der Waals surface area contributed by atoms with Crippen LogP contribution >= 0.6 is 0 Å². The van der Waals surface area contributed by atoms with Gasteiger partial charge in [-0.3, -0.25) is 9.97 Å². The largest absolute Gasteiger partial charge is 0.261 e. The van der Waals surface area contributed by atoms with E-state index in [0.717, 1.165) is 11.4 Å². The van der Waals surface area contributed by atoms with Gasteiger partial charge in [-0.05, 0) is 6.07 Å². The maximum Gasteiger partial charge on any atom is 0.115 e. The fourth-order valence-corrected chi connectivity index (χ4v) is 1.03. The van der Waals surface area contributed by atoms with Gasteiger partial charge in [-0.2, -0.15) is 0 Å². The average Bonchev–Trinajstić information content (AvgIpc) is 2.21. The maximum atomic E-state index is 4.15. The number of hydrogen-bond acceptors (Lipinski definition) is 4. The summed E-state index contributed by atoms with van der Waals surface area (Å²) in [5, 5.41) is 0. The Labute approximate surface area is 75.7 Å². The summed E-state index contributed by atoms with van der Waals surface area (Å²) in [7, 11) is 0. The molecule has 13 heavy (non-hydrogen) atoms. The highest BCUT2D eigenvalue weighted by molar-refractivity contribution is 5.09. The van der Waals surface area contributed by atoms with Gasteiger partial charge in [-0.25, -0.2) is 9.97 Å². The van der Waals surface area contributed by atoms with Gasteiger partial charge in [-0.1, -0.05) is 0 Å². The lowest BCUT2D eigenvalue weighted by molar-refractivity contribution is 0.967. The molecule has 0 aliphatic rings. The van der Waals surface area contributed by atoms with Crippen LogP contribution < -0.4 is 0 Å². The average molecular weight is 172 g/mol. The van der Waals surface area contributed by atoms with Crippen LogP contribution in [0.5, 0.6) is 0 Å². The Morgan fingerprint density at radius 2 is 1.92 bits per heavy atom. The monoisotopic (exact) mass is 172 g/mol. The first-order valence-corrected chi connectivity index (χ1v) is 3.95. The number of aromatic nitrogens is 4. The van der Waals surface area contributed by atoms with E-state index in [-0.39, 0.29) is 0 Å². The predicted octanol–water partition coefficient (Wildman–Crippen LogP) is 0.857. The minimum atomic E-state index is 0.705. The highest BCUT2D eigenvalue weighted by Crippen LogP contribution is 2.00. The summed E-state index contributed by atoms with van der Waals surface area (Å²) < 4.78 is 0. The summed E-state index contributed by atoms with van der Waals surface area (Å²) in [6, 6.07) is 1.87. The molecule has 0 amide bonds. The Kier molecular flexibility index (Phi) is 2.22. The Balaban J connectivity index is 2.16. The van der Waals surface area contributed by atoms with Gasteiger partial charge in [0.25, 0.3) is 0 Å². The van der Waals surface area contributed by atoms with E-state index in [1.165, 1.54) is 6.33 Å². The molecule has 0 spiro atoms. The number of rotatable bonds is 2. The molecule has 0 saturated carbocycles. The predicted molar refractivity (Wildman–Crippen MR) is 46.9 cm³/mol. The number of nitrogens with zero attached hydrogens (tertiary/aromatic N) is 4. The van der Waals surface area contributed by atoms with Gasteiger partial charge in [0, 0.05) is 36.9 Å². The van der Waals surface area contributed by atoms with Crippen LogP contribution in [0.4, 0.5) is 0 Å². The smallest absolute Gasteiger partial charge is 0.115 e. The molecule has 2 heterocycles. The van der Waals surface area contributed by atoms with Gasteiger partial charge in [0.1, 0.15) is 6.33 Å². The van der Waals surface area contributed by atoms with Crippen molar-refractivity contribution in [3.05, 3.63) is 48.6 Å². The van der Waals surface area contributed by atoms with Crippen LogP contribution in [0.1, 0.15) is 11.4 Å². The Morgan fingerprint density at radius 1 is 0.923 bits per heavy atom. The second kappa shape index (κ2) is 3.71. The molecule has 0 N–H and O–H groups in total. The van der Waals surface area contributed by atoms with Crippen molar-refractivity contribution in [2.45, 2.75) is 6.42 Å². The molecular weight excluding hydrogens is 164 g/mol. The zero-order valence-corrected chi connectivity index (χ0v) is 6.96. The second-order valence-electron chi connectivity index (χ2n) is 2.57.